The predicted octanol–water partition coefficient (Wildman–Crippen LogP) is 1.90. The second-order valence-electron chi connectivity index (χ2n) is 5.96. The summed E-state index contributed by atoms with van der Waals surface area (Å²) in [6.07, 6.45) is 1.20. The van der Waals surface area contributed by atoms with Gasteiger partial charge in [-0.25, -0.2) is 0 Å². The van der Waals surface area contributed by atoms with E-state index in [9.17, 15) is 14.4 Å². The number of halogens is 1. The minimum atomic E-state index is -0.389. The lowest BCUT2D eigenvalue weighted by molar-refractivity contribution is -0.143. The maximum Gasteiger partial charge on any atom is 0.306 e. The SMILES string of the molecule is COC(=O)CCC(=O)N1CCCN(C(=O)Cc2ccccc2Cl)CC1. The van der Waals surface area contributed by atoms with Crippen molar-refractivity contribution >= 4 is 29.4 Å². The Morgan fingerprint density at radius 2 is 1.64 bits per heavy atom. The number of rotatable bonds is 5. The van der Waals surface area contributed by atoms with Crippen LogP contribution in [0.25, 0.3) is 0 Å². The molecule has 0 atom stereocenters. The maximum atomic E-state index is 12.5. The summed E-state index contributed by atoms with van der Waals surface area (Å²) in [6, 6.07) is 7.31. The van der Waals surface area contributed by atoms with E-state index in [4.69, 9.17) is 11.6 Å². The molecular weight excluding hydrogens is 344 g/mol. The molecule has 6 nitrogen and oxygen atoms in total. The molecule has 0 unspecified atom stereocenters. The Morgan fingerprint density at radius 1 is 1.00 bits per heavy atom. The summed E-state index contributed by atoms with van der Waals surface area (Å²) in [5.41, 5.74) is 0.810. The van der Waals surface area contributed by atoms with Gasteiger partial charge in [0, 0.05) is 37.6 Å². The highest BCUT2D eigenvalue weighted by Crippen LogP contribution is 2.17. The van der Waals surface area contributed by atoms with Crippen LogP contribution in [0.3, 0.4) is 0 Å². The van der Waals surface area contributed by atoms with E-state index >= 15 is 0 Å². The minimum Gasteiger partial charge on any atom is -0.469 e. The number of hydrogen-bond acceptors (Lipinski definition) is 4. The van der Waals surface area contributed by atoms with Crippen LogP contribution in [0.1, 0.15) is 24.8 Å². The fraction of sp³-hybridized carbons (Fsp3) is 0.500. The van der Waals surface area contributed by atoms with Crippen molar-refractivity contribution in [1.29, 1.82) is 0 Å². The molecule has 1 aromatic rings. The number of nitrogens with zero attached hydrogens (tertiary/aromatic N) is 2. The average molecular weight is 367 g/mol. The zero-order valence-electron chi connectivity index (χ0n) is 14.4. The molecule has 1 saturated heterocycles. The molecule has 0 spiro atoms. The van der Waals surface area contributed by atoms with Gasteiger partial charge < -0.3 is 14.5 Å². The monoisotopic (exact) mass is 366 g/mol. The van der Waals surface area contributed by atoms with Gasteiger partial charge in [0.2, 0.25) is 11.8 Å². The van der Waals surface area contributed by atoms with E-state index in [-0.39, 0.29) is 37.0 Å². The van der Waals surface area contributed by atoms with Gasteiger partial charge in [-0.05, 0) is 18.1 Å². The van der Waals surface area contributed by atoms with Gasteiger partial charge in [-0.2, -0.15) is 0 Å². The molecule has 0 aromatic heterocycles. The Hall–Kier alpha value is -2.08. The maximum absolute atomic E-state index is 12.5. The first-order chi connectivity index (χ1) is 12.0. The number of benzene rings is 1. The Balaban J connectivity index is 1.86. The quantitative estimate of drug-likeness (QED) is 0.746. The largest absolute Gasteiger partial charge is 0.469 e. The molecule has 0 radical (unpaired) electrons. The van der Waals surface area contributed by atoms with Crippen LogP contribution in [-0.2, 0) is 25.5 Å². The van der Waals surface area contributed by atoms with Crippen LogP contribution in [0.15, 0.2) is 24.3 Å². The van der Waals surface area contributed by atoms with Gasteiger partial charge in [0.05, 0.1) is 20.0 Å². The highest BCUT2D eigenvalue weighted by Gasteiger charge is 2.22. The Morgan fingerprint density at radius 3 is 2.28 bits per heavy atom. The van der Waals surface area contributed by atoms with Crippen molar-refractivity contribution in [1.82, 2.24) is 9.80 Å². The molecule has 1 heterocycles. The van der Waals surface area contributed by atoms with E-state index in [1.165, 1.54) is 7.11 Å². The summed E-state index contributed by atoms with van der Waals surface area (Å²) in [7, 11) is 1.31. The van der Waals surface area contributed by atoms with Crippen molar-refractivity contribution in [2.75, 3.05) is 33.3 Å². The van der Waals surface area contributed by atoms with Gasteiger partial charge in [0.15, 0.2) is 0 Å². The van der Waals surface area contributed by atoms with Crippen molar-refractivity contribution in [3.8, 4) is 0 Å². The first-order valence-corrected chi connectivity index (χ1v) is 8.75. The van der Waals surface area contributed by atoms with E-state index < -0.39 is 0 Å². The van der Waals surface area contributed by atoms with Gasteiger partial charge >= 0.3 is 5.97 Å². The molecule has 1 fully saturated rings. The number of ether oxygens (including phenoxy) is 1. The zero-order chi connectivity index (χ0) is 18.2. The van der Waals surface area contributed by atoms with Gasteiger partial charge in [0.25, 0.3) is 0 Å². The number of esters is 1. The van der Waals surface area contributed by atoms with Gasteiger partial charge in [-0.1, -0.05) is 29.8 Å². The van der Waals surface area contributed by atoms with Crippen LogP contribution >= 0.6 is 11.6 Å². The molecule has 0 bridgehead atoms. The lowest BCUT2D eigenvalue weighted by Gasteiger charge is -2.22. The first kappa shape index (κ1) is 19.2. The standard InChI is InChI=1S/C18H23ClN2O4/c1-25-18(24)8-7-16(22)20-9-4-10-21(12-11-20)17(23)13-14-5-2-3-6-15(14)19/h2-3,5-6H,4,7-13H2,1H3. The van der Waals surface area contributed by atoms with Crippen molar-refractivity contribution in [2.24, 2.45) is 0 Å². The Bertz CT molecular complexity index is 635. The van der Waals surface area contributed by atoms with Gasteiger partial charge in [-0.15, -0.1) is 0 Å². The fourth-order valence-electron chi connectivity index (χ4n) is 2.80. The molecule has 0 N–H and O–H groups in total. The highest BCUT2D eigenvalue weighted by molar-refractivity contribution is 6.31. The molecule has 0 aliphatic carbocycles. The molecule has 7 heteroatoms. The Labute approximate surface area is 152 Å². The lowest BCUT2D eigenvalue weighted by atomic mass is 10.1. The van der Waals surface area contributed by atoms with Crippen molar-refractivity contribution < 1.29 is 19.1 Å². The molecule has 1 aliphatic rings. The predicted molar refractivity (Wildman–Crippen MR) is 94.2 cm³/mol. The van der Waals surface area contributed by atoms with E-state index in [2.05, 4.69) is 4.74 Å². The third-order valence-electron chi connectivity index (χ3n) is 4.27. The number of carbonyl (C=O) groups excluding carboxylic acids is 3. The average Bonchev–Trinajstić information content (AvgIpc) is 2.87. The second-order valence-corrected chi connectivity index (χ2v) is 6.37. The second kappa shape index (κ2) is 9.42. The molecule has 1 aliphatic heterocycles. The van der Waals surface area contributed by atoms with Crippen LogP contribution in [-0.4, -0.2) is 60.9 Å². The van der Waals surface area contributed by atoms with E-state index in [0.717, 1.165) is 12.0 Å². The molecule has 0 saturated carbocycles. The summed E-state index contributed by atoms with van der Waals surface area (Å²) in [5.74, 6) is -0.456. The van der Waals surface area contributed by atoms with Gasteiger partial charge in [0.1, 0.15) is 0 Å². The Kier molecular flexibility index (Phi) is 7.25. The molecule has 2 amide bonds. The smallest absolute Gasteiger partial charge is 0.306 e. The highest BCUT2D eigenvalue weighted by atomic mass is 35.5. The van der Waals surface area contributed by atoms with E-state index in [1.807, 2.05) is 18.2 Å². The third kappa shape index (κ3) is 5.74. The van der Waals surface area contributed by atoms with Crippen LogP contribution in [0.5, 0.6) is 0 Å². The number of hydrogen-bond donors (Lipinski definition) is 0. The zero-order valence-corrected chi connectivity index (χ0v) is 15.1. The van der Waals surface area contributed by atoms with Crippen LogP contribution in [0.4, 0.5) is 0 Å². The molecule has 136 valence electrons. The molecular formula is C18H23ClN2O4. The fourth-order valence-corrected chi connectivity index (χ4v) is 3.00. The van der Waals surface area contributed by atoms with Crippen LogP contribution in [0, 0.1) is 0 Å². The number of amides is 2. The topological polar surface area (TPSA) is 66.9 Å². The first-order valence-electron chi connectivity index (χ1n) is 8.37. The summed E-state index contributed by atoms with van der Waals surface area (Å²) < 4.78 is 4.55. The summed E-state index contributed by atoms with van der Waals surface area (Å²) in [4.78, 5) is 39.3. The summed E-state index contributed by atoms with van der Waals surface area (Å²) >= 11 is 6.12. The van der Waals surface area contributed by atoms with E-state index in [0.29, 0.717) is 31.2 Å². The molecule has 2 rings (SSSR count). The van der Waals surface area contributed by atoms with Crippen molar-refractivity contribution in [3.63, 3.8) is 0 Å². The number of methoxy groups -OCH3 is 1. The summed E-state index contributed by atoms with van der Waals surface area (Å²) in [6.45, 7) is 2.18. The minimum absolute atomic E-state index is 0.0111. The van der Waals surface area contributed by atoms with Crippen LogP contribution in [0.2, 0.25) is 5.02 Å². The molecule has 1 aromatic carbocycles. The normalized spacial score (nSPS) is 14.8. The third-order valence-corrected chi connectivity index (χ3v) is 4.64. The van der Waals surface area contributed by atoms with Gasteiger partial charge in [-0.3, -0.25) is 14.4 Å². The molecule has 25 heavy (non-hydrogen) atoms. The van der Waals surface area contributed by atoms with Crippen molar-refractivity contribution in [3.05, 3.63) is 34.9 Å². The number of carbonyl (C=O) groups is 3. The summed E-state index contributed by atoms with van der Waals surface area (Å²) in [5, 5.41) is 0.588. The lowest BCUT2D eigenvalue weighted by Crippen LogP contribution is -2.38. The van der Waals surface area contributed by atoms with E-state index in [1.54, 1.807) is 15.9 Å². The van der Waals surface area contributed by atoms with Crippen molar-refractivity contribution in [2.45, 2.75) is 25.7 Å². The van der Waals surface area contributed by atoms with Crippen LogP contribution < -0.4 is 0 Å².